The van der Waals surface area contributed by atoms with Crippen molar-refractivity contribution in [1.29, 1.82) is 0 Å². The van der Waals surface area contributed by atoms with E-state index in [0.29, 0.717) is 31.2 Å². The topological polar surface area (TPSA) is 53.5 Å². The molecule has 2 saturated heterocycles. The maximum absolute atomic E-state index is 12.9. The third-order valence-corrected chi connectivity index (χ3v) is 5.61. The Morgan fingerprint density at radius 1 is 1.27 bits per heavy atom. The van der Waals surface area contributed by atoms with Gasteiger partial charge >= 0.3 is 0 Å². The van der Waals surface area contributed by atoms with Crippen LogP contribution >= 0.6 is 0 Å². The number of rotatable bonds is 5. The predicted molar refractivity (Wildman–Crippen MR) is 101 cm³/mol. The van der Waals surface area contributed by atoms with Crippen LogP contribution in [0.1, 0.15) is 45.1 Å². The Morgan fingerprint density at radius 2 is 2.04 bits per heavy atom. The fourth-order valence-electron chi connectivity index (χ4n) is 4.20. The van der Waals surface area contributed by atoms with E-state index in [2.05, 4.69) is 24.9 Å². The molecule has 3 rings (SSSR count). The highest BCUT2D eigenvalue weighted by Crippen LogP contribution is 2.26. The van der Waals surface area contributed by atoms with Crippen molar-refractivity contribution < 1.29 is 9.59 Å². The molecule has 5 heteroatoms. The number of carbonyl (C=O) groups excluding carboxylic acids is 2. The van der Waals surface area contributed by atoms with Gasteiger partial charge in [-0.1, -0.05) is 19.9 Å². The number of amides is 2. The van der Waals surface area contributed by atoms with Crippen molar-refractivity contribution in [2.75, 3.05) is 26.2 Å². The minimum Gasteiger partial charge on any atom is -0.342 e. The standard InChI is InChI=1S/C21H31N3O2/c1-16(2)14-24-15-19(5-6-20(24)25)21(26)23-10-7-17(8-11-23)12-18-4-3-9-22-13-18/h3-4,9,13,16-17,19H,5-8,10-12,14-15H2,1-2H3/t19-/m0/s1. The zero-order valence-corrected chi connectivity index (χ0v) is 16.1. The van der Waals surface area contributed by atoms with E-state index in [1.54, 1.807) is 0 Å². The highest BCUT2D eigenvalue weighted by Gasteiger charge is 2.34. The van der Waals surface area contributed by atoms with Crippen molar-refractivity contribution in [1.82, 2.24) is 14.8 Å². The molecule has 1 atom stereocenters. The molecule has 2 amide bonds. The van der Waals surface area contributed by atoms with Gasteiger partial charge in [0, 0.05) is 45.0 Å². The van der Waals surface area contributed by atoms with E-state index in [1.165, 1.54) is 5.56 Å². The van der Waals surface area contributed by atoms with E-state index in [-0.39, 0.29) is 17.7 Å². The molecule has 3 heterocycles. The number of carbonyl (C=O) groups is 2. The molecular formula is C21H31N3O2. The number of hydrogen-bond acceptors (Lipinski definition) is 3. The second kappa shape index (κ2) is 8.65. The second-order valence-corrected chi connectivity index (χ2v) is 8.26. The largest absolute Gasteiger partial charge is 0.342 e. The van der Waals surface area contributed by atoms with Gasteiger partial charge in [0.05, 0.1) is 5.92 Å². The molecule has 2 fully saturated rings. The van der Waals surface area contributed by atoms with Crippen LogP contribution in [0.5, 0.6) is 0 Å². The fourth-order valence-corrected chi connectivity index (χ4v) is 4.20. The number of likely N-dealkylation sites (tertiary alicyclic amines) is 2. The summed E-state index contributed by atoms with van der Waals surface area (Å²) in [6, 6.07) is 4.12. The van der Waals surface area contributed by atoms with Crippen molar-refractivity contribution >= 4 is 11.8 Å². The first-order valence-corrected chi connectivity index (χ1v) is 9.98. The Bertz CT molecular complexity index is 609. The van der Waals surface area contributed by atoms with Gasteiger partial charge in [-0.2, -0.15) is 0 Å². The predicted octanol–water partition coefficient (Wildman–Crippen LogP) is 2.76. The first kappa shape index (κ1) is 18.9. The molecule has 142 valence electrons. The van der Waals surface area contributed by atoms with Crippen molar-refractivity contribution in [2.45, 2.75) is 46.0 Å². The Kier molecular flexibility index (Phi) is 6.28. The van der Waals surface area contributed by atoms with E-state index < -0.39 is 0 Å². The van der Waals surface area contributed by atoms with E-state index in [4.69, 9.17) is 0 Å². The van der Waals surface area contributed by atoms with Gasteiger partial charge in [-0.05, 0) is 49.1 Å². The summed E-state index contributed by atoms with van der Waals surface area (Å²) in [4.78, 5) is 33.1. The summed E-state index contributed by atoms with van der Waals surface area (Å²) in [7, 11) is 0. The maximum atomic E-state index is 12.9. The minimum atomic E-state index is -0.0127. The fraction of sp³-hybridized carbons (Fsp3) is 0.667. The van der Waals surface area contributed by atoms with Gasteiger partial charge in [-0.3, -0.25) is 14.6 Å². The van der Waals surface area contributed by atoms with Crippen LogP contribution in [0.15, 0.2) is 24.5 Å². The highest BCUT2D eigenvalue weighted by atomic mass is 16.2. The molecule has 0 radical (unpaired) electrons. The van der Waals surface area contributed by atoms with Gasteiger partial charge in [0.15, 0.2) is 0 Å². The molecule has 5 nitrogen and oxygen atoms in total. The molecule has 0 aliphatic carbocycles. The lowest BCUT2D eigenvalue weighted by molar-refractivity contribution is -0.144. The molecular weight excluding hydrogens is 326 g/mol. The normalized spacial score (nSPS) is 22.1. The molecule has 0 spiro atoms. The van der Waals surface area contributed by atoms with Crippen molar-refractivity contribution in [3.05, 3.63) is 30.1 Å². The summed E-state index contributed by atoms with van der Waals surface area (Å²) in [5.41, 5.74) is 1.28. The molecule has 0 bridgehead atoms. The molecule has 26 heavy (non-hydrogen) atoms. The van der Waals surface area contributed by atoms with Gasteiger partial charge in [0.2, 0.25) is 11.8 Å². The van der Waals surface area contributed by atoms with E-state index >= 15 is 0 Å². The summed E-state index contributed by atoms with van der Waals surface area (Å²) in [6.07, 6.45) is 8.14. The maximum Gasteiger partial charge on any atom is 0.227 e. The number of piperidine rings is 2. The number of pyridine rings is 1. The van der Waals surface area contributed by atoms with Crippen LogP contribution in [-0.4, -0.2) is 52.8 Å². The summed E-state index contributed by atoms with van der Waals surface area (Å²) in [5, 5.41) is 0. The summed E-state index contributed by atoms with van der Waals surface area (Å²) < 4.78 is 0. The van der Waals surface area contributed by atoms with Gasteiger partial charge < -0.3 is 9.80 Å². The van der Waals surface area contributed by atoms with Crippen LogP contribution in [-0.2, 0) is 16.0 Å². The molecule has 0 aromatic carbocycles. The summed E-state index contributed by atoms with van der Waals surface area (Å²) in [5.74, 6) is 1.52. The first-order chi connectivity index (χ1) is 12.5. The average molecular weight is 357 g/mol. The lowest BCUT2D eigenvalue weighted by atomic mass is 9.89. The van der Waals surface area contributed by atoms with Crippen molar-refractivity contribution in [2.24, 2.45) is 17.8 Å². The summed E-state index contributed by atoms with van der Waals surface area (Å²) in [6.45, 7) is 7.29. The smallest absolute Gasteiger partial charge is 0.227 e. The molecule has 2 aliphatic rings. The van der Waals surface area contributed by atoms with Gasteiger partial charge in [-0.25, -0.2) is 0 Å². The molecule has 0 unspecified atom stereocenters. The van der Waals surface area contributed by atoms with Gasteiger partial charge in [-0.15, -0.1) is 0 Å². The lowest BCUT2D eigenvalue weighted by Gasteiger charge is -2.38. The number of aromatic nitrogens is 1. The third kappa shape index (κ3) is 4.83. The van der Waals surface area contributed by atoms with Crippen molar-refractivity contribution in [3.8, 4) is 0 Å². The second-order valence-electron chi connectivity index (χ2n) is 8.26. The monoisotopic (exact) mass is 357 g/mol. The number of nitrogens with zero attached hydrogens (tertiary/aromatic N) is 3. The highest BCUT2D eigenvalue weighted by molar-refractivity contribution is 5.84. The van der Waals surface area contributed by atoms with Crippen LogP contribution in [0.3, 0.4) is 0 Å². The van der Waals surface area contributed by atoms with Crippen LogP contribution < -0.4 is 0 Å². The molecule has 1 aromatic rings. The zero-order chi connectivity index (χ0) is 18.5. The minimum absolute atomic E-state index is 0.0127. The zero-order valence-electron chi connectivity index (χ0n) is 16.1. The molecule has 0 saturated carbocycles. The van der Waals surface area contributed by atoms with Crippen molar-refractivity contribution in [3.63, 3.8) is 0 Å². The van der Waals surface area contributed by atoms with Gasteiger partial charge in [0.25, 0.3) is 0 Å². The van der Waals surface area contributed by atoms with E-state index in [9.17, 15) is 9.59 Å². The van der Waals surface area contributed by atoms with E-state index in [0.717, 1.165) is 38.9 Å². The Hall–Kier alpha value is -1.91. The summed E-state index contributed by atoms with van der Waals surface area (Å²) >= 11 is 0. The van der Waals surface area contributed by atoms with E-state index in [1.807, 2.05) is 28.3 Å². The molecule has 1 aromatic heterocycles. The lowest BCUT2D eigenvalue weighted by Crippen LogP contribution is -2.49. The van der Waals surface area contributed by atoms with Crippen LogP contribution in [0.4, 0.5) is 0 Å². The molecule has 2 aliphatic heterocycles. The Balaban J connectivity index is 1.49. The van der Waals surface area contributed by atoms with Crippen LogP contribution in [0.25, 0.3) is 0 Å². The quantitative estimate of drug-likeness (QED) is 0.814. The first-order valence-electron chi connectivity index (χ1n) is 9.98. The Labute approximate surface area is 156 Å². The SMILES string of the molecule is CC(C)CN1C[C@@H](C(=O)N2CCC(Cc3cccnc3)CC2)CCC1=O. The van der Waals surface area contributed by atoms with Crippen LogP contribution in [0.2, 0.25) is 0 Å². The van der Waals surface area contributed by atoms with Gasteiger partial charge in [0.1, 0.15) is 0 Å². The molecule has 0 N–H and O–H groups in total. The third-order valence-electron chi connectivity index (χ3n) is 5.61. The van der Waals surface area contributed by atoms with Crippen LogP contribution in [0, 0.1) is 17.8 Å². The average Bonchev–Trinajstić information content (AvgIpc) is 2.64. The number of hydrogen-bond donors (Lipinski definition) is 0. The Morgan fingerprint density at radius 3 is 2.69 bits per heavy atom.